The van der Waals surface area contributed by atoms with E-state index in [-0.39, 0.29) is 11.7 Å². The highest BCUT2D eigenvalue weighted by molar-refractivity contribution is 7.98. The van der Waals surface area contributed by atoms with E-state index < -0.39 is 12.0 Å². The third-order valence-corrected chi connectivity index (χ3v) is 4.41. The number of thioether (sulfide) groups is 1. The van der Waals surface area contributed by atoms with Gasteiger partial charge in [-0.05, 0) is 37.5 Å². The molecule has 0 spiro atoms. The van der Waals surface area contributed by atoms with Gasteiger partial charge in [0.05, 0.1) is 16.9 Å². The molecule has 0 radical (unpaired) electrons. The zero-order valence-corrected chi connectivity index (χ0v) is 13.2. The second-order valence-corrected chi connectivity index (χ2v) is 6.12. The van der Waals surface area contributed by atoms with E-state index in [1.165, 1.54) is 14.0 Å². The lowest BCUT2D eigenvalue weighted by Crippen LogP contribution is -2.41. The lowest BCUT2D eigenvalue weighted by Gasteiger charge is -2.15. The first-order chi connectivity index (χ1) is 9.49. The van der Waals surface area contributed by atoms with Crippen molar-refractivity contribution in [1.82, 2.24) is 5.32 Å². The average molecular weight is 315 g/mol. The number of methoxy groups -OCH3 is 1. The summed E-state index contributed by atoms with van der Waals surface area (Å²) in [6, 6.07) is 2.53. The number of amides is 1. The summed E-state index contributed by atoms with van der Waals surface area (Å²) in [4.78, 5) is 35.8. The Morgan fingerprint density at radius 2 is 2.00 bits per heavy atom. The Morgan fingerprint density at radius 1 is 1.35 bits per heavy atom. The van der Waals surface area contributed by atoms with E-state index in [0.29, 0.717) is 16.2 Å². The fourth-order valence-electron chi connectivity index (χ4n) is 1.51. The van der Waals surface area contributed by atoms with Gasteiger partial charge in [-0.1, -0.05) is 0 Å². The SMILES string of the molecule is COC(=O)[C@H](CCSC)NC(=O)c1ccc(C(C)=O)s1. The molecule has 1 aromatic rings. The van der Waals surface area contributed by atoms with Crippen molar-refractivity contribution in [3.63, 3.8) is 0 Å². The van der Waals surface area contributed by atoms with Crippen molar-refractivity contribution in [2.24, 2.45) is 0 Å². The molecule has 5 nitrogen and oxygen atoms in total. The summed E-state index contributed by atoms with van der Waals surface area (Å²) in [5.74, 6) is -0.167. The van der Waals surface area contributed by atoms with Gasteiger partial charge >= 0.3 is 5.97 Å². The highest BCUT2D eigenvalue weighted by atomic mass is 32.2. The Hall–Kier alpha value is -1.34. The third kappa shape index (κ3) is 4.64. The molecule has 110 valence electrons. The van der Waals surface area contributed by atoms with Crippen molar-refractivity contribution in [1.29, 1.82) is 0 Å². The Bertz CT molecular complexity index is 498. The van der Waals surface area contributed by atoms with Crippen molar-refractivity contribution < 1.29 is 19.1 Å². The van der Waals surface area contributed by atoms with Crippen LogP contribution in [0.15, 0.2) is 12.1 Å². The molecule has 1 heterocycles. The fourth-order valence-corrected chi connectivity index (χ4v) is 2.78. The van der Waals surface area contributed by atoms with Crippen LogP contribution in [0, 0.1) is 0 Å². The highest BCUT2D eigenvalue weighted by Gasteiger charge is 2.22. The second-order valence-electron chi connectivity index (χ2n) is 4.05. The number of Topliss-reactive ketones (excluding diaryl/α,β-unsaturated/α-hetero) is 1. The van der Waals surface area contributed by atoms with Gasteiger partial charge in [0, 0.05) is 0 Å². The minimum Gasteiger partial charge on any atom is -0.467 e. The summed E-state index contributed by atoms with van der Waals surface area (Å²) < 4.78 is 4.68. The summed E-state index contributed by atoms with van der Waals surface area (Å²) in [5.41, 5.74) is 0. The minimum atomic E-state index is -0.664. The molecule has 20 heavy (non-hydrogen) atoms. The first-order valence-electron chi connectivity index (χ1n) is 5.98. The lowest BCUT2D eigenvalue weighted by atomic mass is 10.2. The maximum atomic E-state index is 12.0. The van der Waals surface area contributed by atoms with Crippen LogP contribution >= 0.6 is 23.1 Å². The van der Waals surface area contributed by atoms with Crippen LogP contribution in [0.3, 0.4) is 0 Å². The van der Waals surface area contributed by atoms with Crippen molar-refractivity contribution in [3.8, 4) is 0 Å². The van der Waals surface area contributed by atoms with Gasteiger partial charge in [0.2, 0.25) is 0 Å². The molecule has 1 N–H and O–H groups in total. The third-order valence-electron chi connectivity index (χ3n) is 2.58. The van der Waals surface area contributed by atoms with Gasteiger partial charge in [0.25, 0.3) is 5.91 Å². The summed E-state index contributed by atoms with van der Waals surface area (Å²) in [5, 5.41) is 2.64. The zero-order valence-electron chi connectivity index (χ0n) is 11.6. The predicted molar refractivity (Wildman–Crippen MR) is 80.6 cm³/mol. The smallest absolute Gasteiger partial charge is 0.328 e. The van der Waals surface area contributed by atoms with Gasteiger partial charge in [-0.3, -0.25) is 9.59 Å². The maximum Gasteiger partial charge on any atom is 0.328 e. The minimum absolute atomic E-state index is 0.0825. The summed E-state index contributed by atoms with van der Waals surface area (Å²) in [6.07, 6.45) is 2.43. The van der Waals surface area contributed by atoms with E-state index in [0.717, 1.165) is 17.1 Å². The van der Waals surface area contributed by atoms with Crippen molar-refractivity contribution in [3.05, 3.63) is 21.9 Å². The molecule has 1 atom stereocenters. The number of rotatable bonds is 7. The number of ketones is 1. The van der Waals surface area contributed by atoms with E-state index in [9.17, 15) is 14.4 Å². The molecule has 0 fully saturated rings. The Balaban J connectivity index is 2.73. The molecule has 1 aromatic heterocycles. The van der Waals surface area contributed by atoms with Crippen LogP contribution in [0.1, 0.15) is 32.7 Å². The average Bonchev–Trinajstić information content (AvgIpc) is 2.92. The van der Waals surface area contributed by atoms with Crippen LogP contribution in [0.25, 0.3) is 0 Å². The van der Waals surface area contributed by atoms with E-state index >= 15 is 0 Å². The van der Waals surface area contributed by atoms with Gasteiger partial charge in [-0.15, -0.1) is 11.3 Å². The van der Waals surface area contributed by atoms with Crippen LogP contribution in [0.5, 0.6) is 0 Å². The first-order valence-corrected chi connectivity index (χ1v) is 8.19. The normalized spacial score (nSPS) is 11.8. The molecule has 0 aromatic carbocycles. The molecule has 0 unspecified atom stereocenters. The van der Waals surface area contributed by atoms with E-state index in [4.69, 9.17) is 0 Å². The molecule has 0 saturated carbocycles. The number of carbonyl (C=O) groups is 3. The largest absolute Gasteiger partial charge is 0.467 e. The number of hydrogen-bond acceptors (Lipinski definition) is 6. The molecule has 1 rings (SSSR count). The molecule has 7 heteroatoms. The fraction of sp³-hybridized carbons (Fsp3) is 0.462. The van der Waals surface area contributed by atoms with Crippen molar-refractivity contribution >= 4 is 40.8 Å². The molecule has 0 bridgehead atoms. The number of ether oxygens (including phenoxy) is 1. The van der Waals surface area contributed by atoms with Crippen LogP contribution < -0.4 is 5.32 Å². The topological polar surface area (TPSA) is 72.5 Å². The summed E-state index contributed by atoms with van der Waals surface area (Å²) >= 11 is 2.70. The number of thiophene rings is 1. The van der Waals surface area contributed by atoms with Crippen LogP contribution in [-0.4, -0.2) is 42.8 Å². The van der Waals surface area contributed by atoms with Crippen molar-refractivity contribution in [2.45, 2.75) is 19.4 Å². The van der Waals surface area contributed by atoms with Crippen LogP contribution in [-0.2, 0) is 9.53 Å². The van der Waals surface area contributed by atoms with Gasteiger partial charge in [0.1, 0.15) is 6.04 Å². The molecule has 1 amide bonds. The molecule has 0 aliphatic carbocycles. The van der Waals surface area contributed by atoms with Crippen LogP contribution in [0.4, 0.5) is 0 Å². The lowest BCUT2D eigenvalue weighted by molar-refractivity contribution is -0.142. The number of carbonyl (C=O) groups excluding carboxylic acids is 3. The van der Waals surface area contributed by atoms with Gasteiger partial charge in [-0.25, -0.2) is 4.79 Å². The zero-order chi connectivity index (χ0) is 15.1. The van der Waals surface area contributed by atoms with E-state index in [2.05, 4.69) is 10.1 Å². The summed E-state index contributed by atoms with van der Waals surface area (Å²) in [7, 11) is 1.29. The van der Waals surface area contributed by atoms with E-state index in [1.807, 2.05) is 6.26 Å². The monoisotopic (exact) mass is 315 g/mol. The van der Waals surface area contributed by atoms with E-state index in [1.54, 1.807) is 23.9 Å². The standard InChI is InChI=1S/C13H17NO4S2/c1-8(15)10-4-5-11(20-10)12(16)14-9(6-7-19-3)13(17)18-2/h4-5,9H,6-7H2,1-3H3,(H,14,16)/t9-/m0/s1. The first kappa shape index (κ1) is 16.7. The van der Waals surface area contributed by atoms with Gasteiger partial charge in [0.15, 0.2) is 5.78 Å². The molecular weight excluding hydrogens is 298 g/mol. The molecule has 0 saturated heterocycles. The Kier molecular flexibility index (Phi) is 6.74. The maximum absolute atomic E-state index is 12.0. The molecule has 0 aliphatic rings. The quantitative estimate of drug-likeness (QED) is 0.615. The van der Waals surface area contributed by atoms with Gasteiger partial charge < -0.3 is 10.1 Å². The Morgan fingerprint density at radius 3 is 2.50 bits per heavy atom. The van der Waals surface area contributed by atoms with Crippen molar-refractivity contribution in [2.75, 3.05) is 19.1 Å². The second kappa shape index (κ2) is 8.06. The number of hydrogen-bond donors (Lipinski definition) is 1. The number of nitrogens with one attached hydrogen (secondary N) is 1. The Labute approximate surface area is 126 Å². The number of esters is 1. The van der Waals surface area contributed by atoms with Crippen LogP contribution in [0.2, 0.25) is 0 Å². The molecule has 0 aliphatic heterocycles. The molecular formula is C13H17NO4S2. The highest BCUT2D eigenvalue weighted by Crippen LogP contribution is 2.17. The predicted octanol–water partition coefficient (Wildman–Crippen LogP) is 1.98. The summed E-state index contributed by atoms with van der Waals surface area (Å²) in [6.45, 7) is 1.45. The van der Waals surface area contributed by atoms with Gasteiger partial charge in [-0.2, -0.15) is 11.8 Å².